The molecule has 7 nitrogen and oxygen atoms in total. The number of carbonyl (C=O) groups is 1. The van der Waals surface area contributed by atoms with Gasteiger partial charge >= 0.3 is 0 Å². The van der Waals surface area contributed by atoms with Crippen molar-refractivity contribution in [1.29, 1.82) is 0 Å². The summed E-state index contributed by atoms with van der Waals surface area (Å²) >= 11 is 0. The summed E-state index contributed by atoms with van der Waals surface area (Å²) < 4.78 is 1.68. The number of carbonyl (C=O) groups excluding carboxylic acids is 1. The van der Waals surface area contributed by atoms with Gasteiger partial charge in [0.2, 0.25) is 0 Å². The number of rotatable bonds is 6. The number of nitrogens with zero attached hydrogens (tertiary/aromatic N) is 2. The molecule has 0 spiro atoms. The Labute approximate surface area is 110 Å². The van der Waals surface area contributed by atoms with Crippen LogP contribution < -0.4 is 5.32 Å². The summed E-state index contributed by atoms with van der Waals surface area (Å²) in [6, 6.07) is 1.50. The molecule has 1 aliphatic carbocycles. The summed E-state index contributed by atoms with van der Waals surface area (Å²) in [6.45, 7) is 2.14. The van der Waals surface area contributed by atoms with Crippen molar-refractivity contribution < 1.29 is 14.8 Å². The van der Waals surface area contributed by atoms with Crippen LogP contribution in [0.3, 0.4) is 0 Å². The largest absolute Gasteiger partial charge is 0.396 e. The normalized spacial score (nSPS) is 16.1. The van der Waals surface area contributed by atoms with E-state index in [2.05, 4.69) is 5.32 Å². The summed E-state index contributed by atoms with van der Waals surface area (Å²) in [7, 11) is 0. The maximum Gasteiger partial charge on any atom is 0.287 e. The van der Waals surface area contributed by atoms with Gasteiger partial charge in [0.25, 0.3) is 11.6 Å². The number of aliphatic hydroxyl groups is 1. The molecule has 19 heavy (non-hydrogen) atoms. The molecule has 1 heterocycles. The monoisotopic (exact) mass is 267 g/mol. The maximum absolute atomic E-state index is 12.0. The van der Waals surface area contributed by atoms with E-state index in [0.717, 1.165) is 12.8 Å². The smallest absolute Gasteiger partial charge is 0.287 e. The standard InChI is InChI=1S/C12H17N3O4/c1-8(7-16)5-13-12(17)11-4-10(15(18)19)6-14(11)9-2-3-9/h4,6,8-9,16H,2-3,5,7H2,1H3,(H,13,17). The third-order valence-corrected chi connectivity index (χ3v) is 3.14. The van der Waals surface area contributed by atoms with Gasteiger partial charge in [-0.15, -0.1) is 0 Å². The Morgan fingerprint density at radius 2 is 2.37 bits per heavy atom. The minimum atomic E-state index is -0.494. The van der Waals surface area contributed by atoms with Crippen molar-refractivity contribution in [2.75, 3.05) is 13.2 Å². The van der Waals surface area contributed by atoms with Crippen LogP contribution in [0.1, 0.15) is 36.3 Å². The van der Waals surface area contributed by atoms with Crippen LogP contribution in [0, 0.1) is 16.0 Å². The third kappa shape index (κ3) is 3.11. The van der Waals surface area contributed by atoms with Crippen LogP contribution in [0.15, 0.2) is 12.3 Å². The van der Waals surface area contributed by atoms with Crippen molar-refractivity contribution in [3.8, 4) is 0 Å². The molecule has 1 atom stereocenters. The van der Waals surface area contributed by atoms with Crippen LogP contribution in [0.4, 0.5) is 5.69 Å². The van der Waals surface area contributed by atoms with Crippen LogP contribution in [0.2, 0.25) is 0 Å². The van der Waals surface area contributed by atoms with Crippen LogP contribution in [0.5, 0.6) is 0 Å². The third-order valence-electron chi connectivity index (χ3n) is 3.14. The van der Waals surface area contributed by atoms with Crippen molar-refractivity contribution in [1.82, 2.24) is 9.88 Å². The summed E-state index contributed by atoms with van der Waals surface area (Å²) in [5, 5.41) is 22.4. The summed E-state index contributed by atoms with van der Waals surface area (Å²) in [6.07, 6.45) is 3.31. The first-order valence-electron chi connectivity index (χ1n) is 6.28. The summed E-state index contributed by atoms with van der Waals surface area (Å²) in [5.74, 6) is -0.372. The lowest BCUT2D eigenvalue weighted by atomic mass is 10.2. The van der Waals surface area contributed by atoms with Gasteiger partial charge in [0, 0.05) is 25.3 Å². The molecule has 7 heteroatoms. The molecule has 2 N–H and O–H groups in total. The molecule has 1 aromatic heterocycles. The first-order valence-corrected chi connectivity index (χ1v) is 6.28. The maximum atomic E-state index is 12.0. The van der Waals surface area contributed by atoms with E-state index >= 15 is 0 Å². The second-order valence-corrected chi connectivity index (χ2v) is 4.98. The number of aromatic nitrogens is 1. The molecule has 0 aromatic carbocycles. The fraction of sp³-hybridized carbons (Fsp3) is 0.583. The number of aliphatic hydroxyl groups excluding tert-OH is 1. The molecule has 1 unspecified atom stereocenters. The highest BCUT2D eigenvalue weighted by Crippen LogP contribution is 2.37. The van der Waals surface area contributed by atoms with Crippen molar-refractivity contribution in [3.63, 3.8) is 0 Å². The Morgan fingerprint density at radius 3 is 2.89 bits per heavy atom. The fourth-order valence-electron chi connectivity index (χ4n) is 1.82. The van der Waals surface area contributed by atoms with E-state index in [4.69, 9.17) is 5.11 Å². The highest BCUT2D eigenvalue weighted by molar-refractivity contribution is 5.93. The predicted octanol–water partition coefficient (Wildman–Crippen LogP) is 1.09. The van der Waals surface area contributed by atoms with Gasteiger partial charge in [-0.1, -0.05) is 6.92 Å². The molecule has 2 rings (SSSR count). The number of hydrogen-bond donors (Lipinski definition) is 2. The molecule has 0 aliphatic heterocycles. The van der Waals surface area contributed by atoms with E-state index in [-0.39, 0.29) is 30.2 Å². The van der Waals surface area contributed by atoms with Crippen LogP contribution in [0.25, 0.3) is 0 Å². The predicted molar refractivity (Wildman–Crippen MR) is 67.9 cm³/mol. The van der Waals surface area contributed by atoms with Gasteiger partial charge in [-0.3, -0.25) is 14.9 Å². The van der Waals surface area contributed by atoms with Crippen molar-refractivity contribution in [3.05, 3.63) is 28.1 Å². The molecule has 0 bridgehead atoms. The Morgan fingerprint density at radius 1 is 1.68 bits per heavy atom. The van der Waals surface area contributed by atoms with Crippen LogP contribution >= 0.6 is 0 Å². The van der Waals surface area contributed by atoms with Crippen molar-refractivity contribution in [2.24, 2.45) is 5.92 Å². The van der Waals surface area contributed by atoms with Gasteiger partial charge in [0.1, 0.15) is 5.69 Å². The average Bonchev–Trinajstić information content (AvgIpc) is 3.13. The van der Waals surface area contributed by atoms with E-state index in [1.807, 2.05) is 6.92 Å². The zero-order valence-electron chi connectivity index (χ0n) is 10.7. The minimum absolute atomic E-state index is 0.00986. The number of hydrogen-bond acceptors (Lipinski definition) is 4. The highest BCUT2D eigenvalue weighted by Gasteiger charge is 2.30. The summed E-state index contributed by atoms with van der Waals surface area (Å²) in [4.78, 5) is 22.3. The quantitative estimate of drug-likeness (QED) is 0.595. The molecule has 104 valence electrons. The Kier molecular flexibility index (Phi) is 3.84. The zero-order chi connectivity index (χ0) is 14.0. The number of nitrogens with one attached hydrogen (secondary N) is 1. The Bertz CT molecular complexity index is 493. The second-order valence-electron chi connectivity index (χ2n) is 4.98. The molecule has 1 aromatic rings. The van der Waals surface area contributed by atoms with Crippen LogP contribution in [-0.4, -0.2) is 33.7 Å². The first-order chi connectivity index (χ1) is 9.02. The topological polar surface area (TPSA) is 97.4 Å². The Balaban J connectivity index is 2.13. The molecular weight excluding hydrogens is 250 g/mol. The van der Waals surface area contributed by atoms with Crippen molar-refractivity contribution in [2.45, 2.75) is 25.8 Å². The van der Waals surface area contributed by atoms with E-state index in [1.165, 1.54) is 12.3 Å². The molecule has 0 saturated heterocycles. The van der Waals surface area contributed by atoms with E-state index in [9.17, 15) is 14.9 Å². The van der Waals surface area contributed by atoms with E-state index in [1.54, 1.807) is 4.57 Å². The minimum Gasteiger partial charge on any atom is -0.396 e. The van der Waals surface area contributed by atoms with Crippen molar-refractivity contribution >= 4 is 11.6 Å². The molecule has 1 amide bonds. The fourth-order valence-corrected chi connectivity index (χ4v) is 1.82. The average molecular weight is 267 g/mol. The number of amides is 1. The highest BCUT2D eigenvalue weighted by atomic mass is 16.6. The first kappa shape index (κ1) is 13.5. The van der Waals surface area contributed by atoms with E-state index < -0.39 is 4.92 Å². The van der Waals surface area contributed by atoms with Gasteiger partial charge in [-0.2, -0.15) is 0 Å². The second kappa shape index (κ2) is 5.40. The summed E-state index contributed by atoms with van der Waals surface area (Å²) in [5.41, 5.74) is 0.256. The number of nitro groups is 1. The van der Waals surface area contributed by atoms with Crippen LogP contribution in [-0.2, 0) is 0 Å². The molecule has 0 radical (unpaired) electrons. The molecule has 1 fully saturated rings. The SMILES string of the molecule is CC(CO)CNC(=O)c1cc([N+](=O)[O-])cn1C1CC1. The molecule has 1 aliphatic rings. The lowest BCUT2D eigenvalue weighted by Gasteiger charge is -2.11. The molecular formula is C12H17N3O4. The zero-order valence-corrected chi connectivity index (χ0v) is 10.7. The van der Waals surface area contributed by atoms with Gasteiger partial charge in [0.15, 0.2) is 0 Å². The lowest BCUT2D eigenvalue weighted by Crippen LogP contribution is -2.30. The van der Waals surface area contributed by atoms with Gasteiger partial charge in [-0.25, -0.2) is 0 Å². The Hall–Kier alpha value is -1.89. The van der Waals surface area contributed by atoms with Gasteiger partial charge in [0.05, 0.1) is 11.1 Å². The lowest BCUT2D eigenvalue weighted by molar-refractivity contribution is -0.384. The van der Waals surface area contributed by atoms with Gasteiger partial charge < -0.3 is 15.0 Å². The van der Waals surface area contributed by atoms with E-state index in [0.29, 0.717) is 12.2 Å². The molecule has 1 saturated carbocycles. The van der Waals surface area contributed by atoms with Gasteiger partial charge in [-0.05, 0) is 18.8 Å².